The minimum absolute atomic E-state index is 0.284. The molecule has 0 spiro atoms. The Morgan fingerprint density at radius 3 is 2.70 bits per heavy atom. The van der Waals surface area contributed by atoms with Crippen molar-refractivity contribution in [2.75, 3.05) is 12.8 Å². The first-order valence-corrected chi connectivity index (χ1v) is 6.58. The molecule has 0 saturated carbocycles. The summed E-state index contributed by atoms with van der Waals surface area (Å²) in [5.41, 5.74) is 10.1. The number of benzene rings is 2. The lowest BCUT2D eigenvalue weighted by molar-refractivity contribution is 0.274. The van der Waals surface area contributed by atoms with Crippen LogP contribution in [0.25, 0.3) is 0 Å². The average Bonchev–Trinajstić information content (AvgIpc) is 2.80. The van der Waals surface area contributed by atoms with Crippen molar-refractivity contribution >= 4 is 5.69 Å². The van der Waals surface area contributed by atoms with Crippen LogP contribution in [-0.4, -0.2) is 12.0 Å². The average molecular weight is 272 g/mol. The molecule has 2 aromatic carbocycles. The predicted molar refractivity (Wildman–Crippen MR) is 76.8 cm³/mol. The lowest BCUT2D eigenvalue weighted by Crippen LogP contribution is -2.15. The second-order valence-electron chi connectivity index (χ2n) is 5.14. The van der Waals surface area contributed by atoms with Crippen molar-refractivity contribution in [2.24, 2.45) is 0 Å². The van der Waals surface area contributed by atoms with Gasteiger partial charge >= 0.3 is 0 Å². The number of anilines is 1. The Balaban J connectivity index is 1.73. The van der Waals surface area contributed by atoms with Crippen molar-refractivity contribution in [1.29, 1.82) is 0 Å². The summed E-state index contributed by atoms with van der Waals surface area (Å²) < 4.78 is 18.6. The van der Waals surface area contributed by atoms with Crippen molar-refractivity contribution < 1.29 is 9.13 Å². The molecule has 0 atom stereocenters. The van der Waals surface area contributed by atoms with Crippen molar-refractivity contribution in [3.8, 4) is 5.75 Å². The maximum Gasteiger partial charge on any atom is 0.165 e. The maximum atomic E-state index is 13.7. The van der Waals surface area contributed by atoms with E-state index in [0.717, 1.165) is 30.9 Å². The molecule has 0 unspecified atom stereocenters. The van der Waals surface area contributed by atoms with E-state index < -0.39 is 0 Å². The van der Waals surface area contributed by atoms with Gasteiger partial charge in [0.05, 0.1) is 7.11 Å². The summed E-state index contributed by atoms with van der Waals surface area (Å²) in [4.78, 5) is 2.27. The highest BCUT2D eigenvalue weighted by Crippen LogP contribution is 2.27. The minimum Gasteiger partial charge on any atom is -0.494 e. The van der Waals surface area contributed by atoms with E-state index in [2.05, 4.69) is 11.0 Å². The Morgan fingerprint density at radius 1 is 1.15 bits per heavy atom. The van der Waals surface area contributed by atoms with Crippen LogP contribution in [0.2, 0.25) is 0 Å². The minimum atomic E-state index is -0.314. The molecule has 0 amide bonds. The van der Waals surface area contributed by atoms with E-state index in [9.17, 15) is 4.39 Å². The molecule has 0 radical (unpaired) electrons. The molecule has 20 heavy (non-hydrogen) atoms. The van der Waals surface area contributed by atoms with E-state index in [-0.39, 0.29) is 11.6 Å². The van der Waals surface area contributed by atoms with Gasteiger partial charge in [0, 0.05) is 25.3 Å². The molecular weight excluding hydrogens is 255 g/mol. The van der Waals surface area contributed by atoms with Gasteiger partial charge in [0.2, 0.25) is 0 Å². The highest BCUT2D eigenvalue weighted by molar-refractivity contribution is 5.46. The monoisotopic (exact) mass is 272 g/mol. The molecule has 1 aliphatic rings. The first-order chi connectivity index (χ1) is 9.65. The number of halogens is 1. The summed E-state index contributed by atoms with van der Waals surface area (Å²) in [6.07, 6.45) is 0. The molecule has 2 N–H and O–H groups in total. The fourth-order valence-electron chi connectivity index (χ4n) is 2.66. The third-order valence-electron chi connectivity index (χ3n) is 3.64. The van der Waals surface area contributed by atoms with Crippen LogP contribution in [0.1, 0.15) is 16.7 Å². The fourth-order valence-corrected chi connectivity index (χ4v) is 2.66. The first-order valence-electron chi connectivity index (χ1n) is 6.58. The summed E-state index contributed by atoms with van der Waals surface area (Å²) in [5.74, 6) is -0.0304. The number of hydrogen-bond donors (Lipinski definition) is 1. The topological polar surface area (TPSA) is 38.5 Å². The molecule has 2 aromatic rings. The Bertz CT molecular complexity index is 642. The number of ether oxygens (including phenoxy) is 1. The second-order valence-corrected chi connectivity index (χ2v) is 5.14. The summed E-state index contributed by atoms with van der Waals surface area (Å²) in [6.45, 7) is 2.45. The van der Waals surface area contributed by atoms with E-state index >= 15 is 0 Å². The summed E-state index contributed by atoms with van der Waals surface area (Å²) in [6, 6.07) is 11.1. The summed E-state index contributed by atoms with van der Waals surface area (Å²) in [5, 5.41) is 0. The van der Waals surface area contributed by atoms with Crippen molar-refractivity contribution in [2.45, 2.75) is 19.6 Å². The van der Waals surface area contributed by atoms with Gasteiger partial charge in [0.15, 0.2) is 11.6 Å². The highest BCUT2D eigenvalue weighted by Gasteiger charge is 2.19. The number of nitrogen functional groups attached to an aromatic ring is 1. The van der Waals surface area contributed by atoms with Gasteiger partial charge in [0.25, 0.3) is 0 Å². The maximum absolute atomic E-state index is 13.7. The molecule has 0 saturated heterocycles. The van der Waals surface area contributed by atoms with E-state index in [4.69, 9.17) is 10.5 Å². The number of hydrogen-bond acceptors (Lipinski definition) is 3. The molecular formula is C16H17FN2O. The SMILES string of the molecule is COc1ccc(CN2Cc3ccc(N)cc3C2)cc1F. The standard InChI is InChI=1S/C16H17FN2O/c1-20-16-5-2-11(6-15(16)17)8-19-9-12-3-4-14(18)7-13(12)10-19/h2-7H,8-10,18H2,1H3. The second kappa shape index (κ2) is 5.13. The molecule has 3 nitrogen and oxygen atoms in total. The predicted octanol–water partition coefficient (Wildman–Crippen LogP) is 2.93. The van der Waals surface area contributed by atoms with Gasteiger partial charge in [-0.15, -0.1) is 0 Å². The highest BCUT2D eigenvalue weighted by atomic mass is 19.1. The molecule has 104 valence electrons. The largest absolute Gasteiger partial charge is 0.494 e. The van der Waals surface area contributed by atoms with Gasteiger partial charge in [0.1, 0.15) is 0 Å². The Morgan fingerprint density at radius 2 is 1.95 bits per heavy atom. The normalized spacial score (nSPS) is 14.3. The quantitative estimate of drug-likeness (QED) is 0.873. The van der Waals surface area contributed by atoms with Gasteiger partial charge in [-0.05, 0) is 41.0 Å². The van der Waals surface area contributed by atoms with Crippen LogP contribution in [0.5, 0.6) is 5.75 Å². The van der Waals surface area contributed by atoms with E-state index in [1.807, 2.05) is 18.2 Å². The van der Waals surface area contributed by atoms with Gasteiger partial charge < -0.3 is 10.5 Å². The third kappa shape index (κ3) is 2.47. The van der Waals surface area contributed by atoms with Crippen molar-refractivity contribution in [3.05, 3.63) is 58.9 Å². The van der Waals surface area contributed by atoms with Gasteiger partial charge in [-0.1, -0.05) is 12.1 Å². The number of nitrogens with zero attached hydrogens (tertiary/aromatic N) is 1. The molecule has 3 rings (SSSR count). The van der Waals surface area contributed by atoms with E-state index in [1.54, 1.807) is 6.07 Å². The summed E-state index contributed by atoms with van der Waals surface area (Å²) in [7, 11) is 1.47. The molecule has 4 heteroatoms. The zero-order chi connectivity index (χ0) is 14.1. The lowest BCUT2D eigenvalue weighted by atomic mass is 10.1. The van der Waals surface area contributed by atoms with Crippen LogP contribution in [0, 0.1) is 5.82 Å². The smallest absolute Gasteiger partial charge is 0.165 e. The summed E-state index contributed by atoms with van der Waals surface area (Å²) >= 11 is 0. The molecule has 0 aromatic heterocycles. The van der Waals surface area contributed by atoms with Gasteiger partial charge in [-0.3, -0.25) is 4.90 Å². The number of rotatable bonds is 3. The van der Waals surface area contributed by atoms with Gasteiger partial charge in [-0.25, -0.2) is 4.39 Å². The molecule has 1 heterocycles. The Hall–Kier alpha value is -2.07. The number of nitrogens with two attached hydrogens (primary N) is 1. The molecule has 1 aliphatic heterocycles. The lowest BCUT2D eigenvalue weighted by Gasteiger charge is -2.15. The molecule has 0 fully saturated rings. The third-order valence-corrected chi connectivity index (χ3v) is 3.64. The van der Waals surface area contributed by atoms with Crippen LogP contribution in [0.4, 0.5) is 10.1 Å². The number of fused-ring (bicyclic) bond motifs is 1. The van der Waals surface area contributed by atoms with Crippen molar-refractivity contribution in [1.82, 2.24) is 4.90 Å². The molecule has 0 aliphatic carbocycles. The Kier molecular flexibility index (Phi) is 3.32. The zero-order valence-electron chi connectivity index (χ0n) is 11.4. The van der Waals surface area contributed by atoms with Crippen LogP contribution < -0.4 is 10.5 Å². The van der Waals surface area contributed by atoms with Crippen LogP contribution in [-0.2, 0) is 19.6 Å². The van der Waals surface area contributed by atoms with E-state index in [1.165, 1.54) is 24.3 Å². The van der Waals surface area contributed by atoms with Crippen LogP contribution in [0.3, 0.4) is 0 Å². The zero-order valence-corrected chi connectivity index (χ0v) is 11.4. The van der Waals surface area contributed by atoms with Crippen molar-refractivity contribution in [3.63, 3.8) is 0 Å². The van der Waals surface area contributed by atoms with Gasteiger partial charge in [-0.2, -0.15) is 0 Å². The van der Waals surface area contributed by atoms with Crippen LogP contribution >= 0.6 is 0 Å². The first kappa shape index (κ1) is 12.9. The fraction of sp³-hybridized carbons (Fsp3) is 0.250. The number of methoxy groups -OCH3 is 1. The van der Waals surface area contributed by atoms with E-state index in [0.29, 0.717) is 0 Å². The molecule has 0 bridgehead atoms. The Labute approximate surface area is 117 Å². The van der Waals surface area contributed by atoms with Crippen LogP contribution in [0.15, 0.2) is 36.4 Å².